The van der Waals surface area contributed by atoms with Gasteiger partial charge in [0.2, 0.25) is 0 Å². The molecule has 0 saturated carbocycles. The highest BCUT2D eigenvalue weighted by molar-refractivity contribution is 9.10. The van der Waals surface area contributed by atoms with Crippen LogP contribution in [0.1, 0.15) is 31.1 Å². The van der Waals surface area contributed by atoms with Gasteiger partial charge in [-0.2, -0.15) is 0 Å². The Balaban J connectivity index is 1.59. The second-order valence-corrected chi connectivity index (χ2v) is 7.28. The van der Waals surface area contributed by atoms with Crippen LogP contribution in [0.2, 0.25) is 0 Å². The molecular formula is C22H15BrN2O4. The summed E-state index contributed by atoms with van der Waals surface area (Å²) in [5.74, 6) is -0.557. The van der Waals surface area contributed by atoms with Gasteiger partial charge in [-0.3, -0.25) is 14.4 Å². The van der Waals surface area contributed by atoms with Gasteiger partial charge in [-0.1, -0.05) is 15.9 Å². The first-order valence-electron chi connectivity index (χ1n) is 8.72. The molecular weight excluding hydrogens is 436 g/mol. The molecule has 0 fully saturated rings. The van der Waals surface area contributed by atoms with Crippen LogP contribution in [0.15, 0.2) is 71.2 Å². The van der Waals surface area contributed by atoms with E-state index in [2.05, 4.69) is 21.2 Å². The van der Waals surface area contributed by atoms with Crippen LogP contribution in [0.3, 0.4) is 0 Å². The van der Waals surface area contributed by atoms with Crippen molar-refractivity contribution in [3.05, 3.63) is 87.9 Å². The molecule has 3 aromatic rings. The molecule has 1 heterocycles. The average Bonchev–Trinajstić information content (AvgIpc) is 2.99. The van der Waals surface area contributed by atoms with Gasteiger partial charge < -0.3 is 10.1 Å². The molecule has 29 heavy (non-hydrogen) atoms. The van der Waals surface area contributed by atoms with Crippen molar-refractivity contribution in [1.82, 2.24) is 0 Å². The number of nitrogens with zero attached hydrogens (tertiary/aromatic N) is 1. The zero-order valence-corrected chi connectivity index (χ0v) is 16.9. The van der Waals surface area contributed by atoms with Crippen LogP contribution in [-0.2, 0) is 0 Å². The van der Waals surface area contributed by atoms with Gasteiger partial charge in [0.25, 0.3) is 17.7 Å². The highest BCUT2D eigenvalue weighted by Crippen LogP contribution is 2.30. The van der Waals surface area contributed by atoms with E-state index in [0.29, 0.717) is 22.7 Å². The molecule has 0 spiro atoms. The third-order valence-corrected chi connectivity index (χ3v) is 5.11. The Labute approximate surface area is 175 Å². The van der Waals surface area contributed by atoms with Gasteiger partial charge in [0.1, 0.15) is 5.75 Å². The van der Waals surface area contributed by atoms with Crippen molar-refractivity contribution in [3.63, 3.8) is 0 Å². The van der Waals surface area contributed by atoms with Gasteiger partial charge in [-0.15, -0.1) is 0 Å². The molecule has 7 heteroatoms. The van der Waals surface area contributed by atoms with Crippen molar-refractivity contribution in [2.45, 2.75) is 0 Å². The summed E-state index contributed by atoms with van der Waals surface area (Å²) in [6, 6.07) is 18.3. The molecule has 0 aromatic heterocycles. The smallest absolute Gasteiger partial charge is 0.266 e. The van der Waals surface area contributed by atoms with E-state index < -0.39 is 11.8 Å². The summed E-state index contributed by atoms with van der Waals surface area (Å²) in [6.07, 6.45) is 0. The lowest BCUT2D eigenvalue weighted by Gasteiger charge is -2.13. The van der Waals surface area contributed by atoms with Crippen molar-refractivity contribution in [2.24, 2.45) is 0 Å². The predicted molar refractivity (Wildman–Crippen MR) is 113 cm³/mol. The molecule has 0 saturated heterocycles. The zero-order valence-electron chi connectivity index (χ0n) is 15.3. The minimum Gasteiger partial charge on any atom is -0.497 e. The number of anilines is 2. The summed E-state index contributed by atoms with van der Waals surface area (Å²) in [4.78, 5) is 39.3. The number of benzene rings is 3. The fraction of sp³-hybridized carbons (Fsp3) is 0.0455. The third-order valence-electron chi connectivity index (χ3n) is 4.58. The van der Waals surface area contributed by atoms with Crippen LogP contribution in [0.25, 0.3) is 0 Å². The SMILES string of the molecule is COc1ccc(NC(=O)c2ccc3c(c2)C(=O)N(c2ccc(Br)cc2)C3=O)cc1. The van der Waals surface area contributed by atoms with Crippen molar-refractivity contribution in [2.75, 3.05) is 17.3 Å². The van der Waals surface area contributed by atoms with E-state index in [0.717, 1.165) is 9.37 Å². The maximum Gasteiger partial charge on any atom is 0.266 e. The van der Waals surface area contributed by atoms with E-state index in [1.165, 1.54) is 18.2 Å². The maximum absolute atomic E-state index is 12.8. The average molecular weight is 451 g/mol. The lowest BCUT2D eigenvalue weighted by atomic mass is 10.1. The topological polar surface area (TPSA) is 75.7 Å². The number of methoxy groups -OCH3 is 1. The highest BCUT2D eigenvalue weighted by atomic mass is 79.9. The fourth-order valence-corrected chi connectivity index (χ4v) is 3.35. The van der Waals surface area contributed by atoms with Gasteiger partial charge in [-0.05, 0) is 66.7 Å². The van der Waals surface area contributed by atoms with E-state index in [1.54, 1.807) is 55.6 Å². The number of carbonyl (C=O) groups excluding carboxylic acids is 3. The number of rotatable bonds is 4. The maximum atomic E-state index is 12.8. The molecule has 3 aromatic carbocycles. The van der Waals surface area contributed by atoms with Crippen molar-refractivity contribution in [3.8, 4) is 5.75 Å². The van der Waals surface area contributed by atoms with Crippen LogP contribution in [0.4, 0.5) is 11.4 Å². The van der Waals surface area contributed by atoms with Crippen LogP contribution in [0.5, 0.6) is 5.75 Å². The highest BCUT2D eigenvalue weighted by Gasteiger charge is 2.37. The van der Waals surface area contributed by atoms with E-state index in [9.17, 15) is 14.4 Å². The number of nitrogens with one attached hydrogen (secondary N) is 1. The minimum absolute atomic E-state index is 0.209. The number of carbonyl (C=O) groups is 3. The van der Waals surface area contributed by atoms with Gasteiger partial charge in [0, 0.05) is 15.7 Å². The molecule has 6 nitrogen and oxygen atoms in total. The van der Waals surface area contributed by atoms with Crippen LogP contribution in [0, 0.1) is 0 Å². The minimum atomic E-state index is -0.452. The Hall–Kier alpha value is -3.45. The standard InChI is InChI=1S/C22H15BrN2O4/c1-29-17-9-5-15(6-10-17)24-20(26)13-2-11-18-19(12-13)22(28)25(21(18)27)16-7-3-14(23)4-8-16/h2-12H,1H3,(H,24,26). The third kappa shape index (κ3) is 3.52. The molecule has 3 amide bonds. The van der Waals surface area contributed by atoms with Gasteiger partial charge in [0.05, 0.1) is 23.9 Å². The second kappa shape index (κ2) is 7.52. The summed E-state index contributed by atoms with van der Waals surface area (Å²) in [7, 11) is 1.56. The quantitative estimate of drug-likeness (QED) is 0.593. The number of amides is 3. The molecule has 144 valence electrons. The summed E-state index contributed by atoms with van der Waals surface area (Å²) in [5.41, 5.74) is 1.84. The van der Waals surface area contributed by atoms with Crippen LogP contribution >= 0.6 is 15.9 Å². The van der Waals surface area contributed by atoms with Gasteiger partial charge in [-0.25, -0.2) is 4.90 Å². The molecule has 0 aliphatic carbocycles. The molecule has 0 unspecified atom stereocenters. The molecule has 0 bridgehead atoms. The molecule has 0 radical (unpaired) electrons. The Kier molecular flexibility index (Phi) is 4.90. The van der Waals surface area contributed by atoms with E-state index in [-0.39, 0.29) is 17.0 Å². The normalized spacial score (nSPS) is 12.7. The Morgan fingerprint density at radius 1 is 0.897 bits per heavy atom. The van der Waals surface area contributed by atoms with Crippen molar-refractivity contribution < 1.29 is 19.1 Å². The second-order valence-electron chi connectivity index (χ2n) is 6.37. The number of halogens is 1. The predicted octanol–water partition coefficient (Wildman–Crippen LogP) is 4.51. The zero-order chi connectivity index (χ0) is 20.5. The monoisotopic (exact) mass is 450 g/mol. The largest absolute Gasteiger partial charge is 0.497 e. The van der Waals surface area contributed by atoms with Crippen LogP contribution < -0.4 is 15.0 Å². The molecule has 0 atom stereocenters. The Morgan fingerprint density at radius 2 is 1.55 bits per heavy atom. The first-order chi connectivity index (χ1) is 14.0. The van der Waals surface area contributed by atoms with Gasteiger partial charge >= 0.3 is 0 Å². The lowest BCUT2D eigenvalue weighted by Crippen LogP contribution is -2.29. The molecule has 1 N–H and O–H groups in total. The van der Waals surface area contributed by atoms with E-state index >= 15 is 0 Å². The molecule has 4 rings (SSSR count). The van der Waals surface area contributed by atoms with E-state index in [1.807, 2.05) is 0 Å². The number of fused-ring (bicyclic) bond motifs is 1. The van der Waals surface area contributed by atoms with Crippen molar-refractivity contribution >= 4 is 45.0 Å². The summed E-state index contributed by atoms with van der Waals surface area (Å²) >= 11 is 3.33. The number of ether oxygens (including phenoxy) is 1. The first-order valence-corrected chi connectivity index (χ1v) is 9.51. The molecule has 1 aliphatic rings. The molecule has 1 aliphatic heterocycles. The summed E-state index contributed by atoms with van der Waals surface area (Å²) in [6.45, 7) is 0. The van der Waals surface area contributed by atoms with Crippen molar-refractivity contribution in [1.29, 1.82) is 0 Å². The van der Waals surface area contributed by atoms with Crippen LogP contribution in [-0.4, -0.2) is 24.8 Å². The number of hydrogen-bond acceptors (Lipinski definition) is 4. The fourth-order valence-electron chi connectivity index (χ4n) is 3.08. The first kappa shape index (κ1) is 18.9. The van der Waals surface area contributed by atoms with Gasteiger partial charge in [0.15, 0.2) is 0 Å². The summed E-state index contributed by atoms with van der Waals surface area (Å²) < 4.78 is 5.94. The summed E-state index contributed by atoms with van der Waals surface area (Å²) in [5, 5.41) is 2.77. The Bertz CT molecular complexity index is 1120. The number of imide groups is 1. The van der Waals surface area contributed by atoms with E-state index in [4.69, 9.17) is 4.74 Å². The number of hydrogen-bond donors (Lipinski definition) is 1. The lowest BCUT2D eigenvalue weighted by molar-refractivity contribution is 0.0925. The Morgan fingerprint density at radius 3 is 2.21 bits per heavy atom.